The van der Waals surface area contributed by atoms with Gasteiger partial charge in [0.25, 0.3) is 0 Å². The monoisotopic (exact) mass is 295 g/mol. The molecule has 3 aromatic rings. The molecule has 0 unspecified atom stereocenters. The van der Waals surface area contributed by atoms with Gasteiger partial charge in [-0.2, -0.15) is 0 Å². The summed E-state index contributed by atoms with van der Waals surface area (Å²) >= 11 is 0. The first kappa shape index (κ1) is 14.5. The Morgan fingerprint density at radius 2 is 2.00 bits per heavy atom. The van der Waals surface area contributed by atoms with Crippen molar-refractivity contribution < 1.29 is 0 Å². The van der Waals surface area contributed by atoms with Crippen LogP contribution >= 0.6 is 0 Å². The summed E-state index contributed by atoms with van der Waals surface area (Å²) in [7, 11) is 4.17. The number of benzene rings is 1. The minimum atomic E-state index is 0.851. The molecule has 0 saturated carbocycles. The van der Waals surface area contributed by atoms with Gasteiger partial charge >= 0.3 is 0 Å². The maximum atomic E-state index is 4.66. The first-order valence-electron chi connectivity index (χ1n) is 7.53. The van der Waals surface area contributed by atoms with Crippen LogP contribution < -0.4 is 5.32 Å². The molecule has 0 bridgehead atoms. The number of aromatic amines is 1. The lowest BCUT2D eigenvalue weighted by Gasteiger charge is -2.11. The summed E-state index contributed by atoms with van der Waals surface area (Å²) in [5.74, 6) is 1.73. The van der Waals surface area contributed by atoms with Crippen molar-refractivity contribution in [1.29, 1.82) is 0 Å². The fourth-order valence-electron chi connectivity index (χ4n) is 2.42. The van der Waals surface area contributed by atoms with E-state index in [1.54, 1.807) is 6.20 Å². The molecular formula is C17H21N5. The molecule has 0 spiro atoms. The molecule has 0 aliphatic heterocycles. The summed E-state index contributed by atoms with van der Waals surface area (Å²) in [4.78, 5) is 14.7. The number of fused-ring (bicyclic) bond motifs is 1. The second kappa shape index (κ2) is 6.58. The molecule has 114 valence electrons. The zero-order valence-corrected chi connectivity index (χ0v) is 13.0. The molecule has 3 rings (SSSR count). The predicted molar refractivity (Wildman–Crippen MR) is 91.0 cm³/mol. The van der Waals surface area contributed by atoms with Crippen molar-refractivity contribution in [2.24, 2.45) is 0 Å². The molecule has 0 amide bonds. The van der Waals surface area contributed by atoms with E-state index in [9.17, 15) is 0 Å². The second-order valence-electron chi connectivity index (χ2n) is 5.59. The van der Waals surface area contributed by atoms with E-state index in [2.05, 4.69) is 39.3 Å². The number of anilines is 1. The van der Waals surface area contributed by atoms with Gasteiger partial charge in [-0.3, -0.25) is 0 Å². The van der Waals surface area contributed by atoms with Crippen LogP contribution in [0.5, 0.6) is 0 Å². The van der Waals surface area contributed by atoms with Crippen molar-refractivity contribution in [2.45, 2.75) is 6.42 Å². The maximum absolute atomic E-state index is 4.66. The van der Waals surface area contributed by atoms with Crippen LogP contribution in [0.25, 0.3) is 22.4 Å². The van der Waals surface area contributed by atoms with Crippen molar-refractivity contribution >= 4 is 16.9 Å². The van der Waals surface area contributed by atoms with Crippen LogP contribution in [0.4, 0.5) is 5.82 Å². The lowest BCUT2D eigenvalue weighted by atomic mass is 10.2. The first-order valence-corrected chi connectivity index (χ1v) is 7.53. The number of rotatable bonds is 6. The molecule has 5 heteroatoms. The topological polar surface area (TPSA) is 56.8 Å². The smallest absolute Gasteiger partial charge is 0.142 e. The highest BCUT2D eigenvalue weighted by atomic mass is 15.1. The van der Waals surface area contributed by atoms with Crippen LogP contribution in [-0.4, -0.2) is 47.0 Å². The van der Waals surface area contributed by atoms with Gasteiger partial charge in [-0.05, 0) is 51.3 Å². The van der Waals surface area contributed by atoms with E-state index in [1.807, 2.05) is 36.4 Å². The van der Waals surface area contributed by atoms with Crippen molar-refractivity contribution in [1.82, 2.24) is 19.9 Å². The van der Waals surface area contributed by atoms with Gasteiger partial charge in [0, 0.05) is 12.7 Å². The summed E-state index contributed by atoms with van der Waals surface area (Å²) in [6.07, 6.45) is 2.88. The average Bonchev–Trinajstić information content (AvgIpc) is 2.95. The number of nitrogens with one attached hydrogen (secondary N) is 2. The molecule has 0 atom stereocenters. The molecular weight excluding hydrogens is 274 g/mol. The summed E-state index contributed by atoms with van der Waals surface area (Å²) in [6, 6.07) is 12.0. The summed E-state index contributed by atoms with van der Waals surface area (Å²) in [5.41, 5.74) is 3.02. The quantitative estimate of drug-likeness (QED) is 0.686. The van der Waals surface area contributed by atoms with E-state index in [-0.39, 0.29) is 0 Å². The Morgan fingerprint density at radius 1 is 1.14 bits per heavy atom. The van der Waals surface area contributed by atoms with Gasteiger partial charge < -0.3 is 15.2 Å². The molecule has 0 radical (unpaired) electrons. The number of nitrogens with zero attached hydrogens (tertiary/aromatic N) is 3. The lowest BCUT2D eigenvalue weighted by molar-refractivity contribution is 0.405. The van der Waals surface area contributed by atoms with Gasteiger partial charge in [-0.15, -0.1) is 0 Å². The van der Waals surface area contributed by atoms with Gasteiger partial charge in [0.1, 0.15) is 11.6 Å². The van der Waals surface area contributed by atoms with E-state index in [0.29, 0.717) is 0 Å². The van der Waals surface area contributed by atoms with Crippen molar-refractivity contribution in [3.05, 3.63) is 42.6 Å². The highest BCUT2D eigenvalue weighted by Crippen LogP contribution is 2.25. The van der Waals surface area contributed by atoms with Crippen LogP contribution in [0.2, 0.25) is 0 Å². The summed E-state index contributed by atoms with van der Waals surface area (Å²) < 4.78 is 0. The minimum Gasteiger partial charge on any atom is -0.369 e. The SMILES string of the molecule is CN(C)CCCNc1ncccc1-c1nc2ccccc2[nH]1. The molecule has 1 aromatic carbocycles. The molecule has 2 aromatic heterocycles. The third-order valence-electron chi connectivity index (χ3n) is 3.53. The molecule has 0 saturated heterocycles. The maximum Gasteiger partial charge on any atom is 0.142 e. The van der Waals surface area contributed by atoms with Gasteiger partial charge in [-0.1, -0.05) is 12.1 Å². The van der Waals surface area contributed by atoms with Gasteiger partial charge in [0.2, 0.25) is 0 Å². The fourth-order valence-corrected chi connectivity index (χ4v) is 2.42. The van der Waals surface area contributed by atoms with Gasteiger partial charge in [0.05, 0.1) is 16.6 Å². The van der Waals surface area contributed by atoms with Crippen LogP contribution in [0.15, 0.2) is 42.6 Å². The van der Waals surface area contributed by atoms with Crippen LogP contribution in [0.3, 0.4) is 0 Å². The standard InChI is InChI=1S/C17H21N5/c1-22(2)12-6-11-19-16-13(7-5-10-18-16)17-20-14-8-3-4-9-15(14)21-17/h3-5,7-10H,6,11-12H2,1-2H3,(H,18,19)(H,20,21). The van der Waals surface area contributed by atoms with Crippen LogP contribution in [-0.2, 0) is 0 Å². The average molecular weight is 295 g/mol. The number of hydrogen-bond donors (Lipinski definition) is 2. The van der Waals surface area contributed by atoms with E-state index in [4.69, 9.17) is 0 Å². The molecule has 2 N–H and O–H groups in total. The Morgan fingerprint density at radius 3 is 2.82 bits per heavy atom. The number of imidazole rings is 1. The number of pyridine rings is 1. The second-order valence-corrected chi connectivity index (χ2v) is 5.59. The molecule has 0 aliphatic rings. The minimum absolute atomic E-state index is 0.851. The van der Waals surface area contributed by atoms with Crippen LogP contribution in [0.1, 0.15) is 6.42 Å². The number of aromatic nitrogens is 3. The molecule has 2 heterocycles. The molecule has 5 nitrogen and oxygen atoms in total. The Kier molecular flexibility index (Phi) is 4.34. The van der Waals surface area contributed by atoms with Gasteiger partial charge in [0.15, 0.2) is 0 Å². The lowest BCUT2D eigenvalue weighted by Crippen LogP contribution is -2.16. The molecule has 0 aliphatic carbocycles. The van der Waals surface area contributed by atoms with Crippen molar-refractivity contribution in [3.63, 3.8) is 0 Å². The highest BCUT2D eigenvalue weighted by Gasteiger charge is 2.10. The van der Waals surface area contributed by atoms with E-state index < -0.39 is 0 Å². The van der Waals surface area contributed by atoms with Gasteiger partial charge in [-0.25, -0.2) is 9.97 Å². The third-order valence-corrected chi connectivity index (χ3v) is 3.53. The Balaban J connectivity index is 1.81. The van der Waals surface area contributed by atoms with E-state index >= 15 is 0 Å². The Labute approximate surface area is 130 Å². The number of hydrogen-bond acceptors (Lipinski definition) is 4. The largest absolute Gasteiger partial charge is 0.369 e. The third kappa shape index (κ3) is 3.26. The Bertz CT molecular complexity index is 714. The van der Waals surface area contributed by atoms with Crippen LogP contribution in [0, 0.1) is 0 Å². The zero-order chi connectivity index (χ0) is 15.4. The summed E-state index contributed by atoms with van der Waals surface area (Å²) in [6.45, 7) is 1.95. The summed E-state index contributed by atoms with van der Waals surface area (Å²) in [5, 5.41) is 3.41. The fraction of sp³-hybridized carbons (Fsp3) is 0.294. The Hall–Kier alpha value is -2.40. The number of H-pyrrole nitrogens is 1. The predicted octanol–water partition coefficient (Wildman–Crippen LogP) is 2.99. The zero-order valence-electron chi connectivity index (χ0n) is 13.0. The van der Waals surface area contributed by atoms with Crippen molar-refractivity contribution in [2.75, 3.05) is 32.5 Å². The molecule has 22 heavy (non-hydrogen) atoms. The van der Waals surface area contributed by atoms with E-state index in [0.717, 1.165) is 47.7 Å². The molecule has 0 fully saturated rings. The normalized spacial score (nSPS) is 11.2. The van der Waals surface area contributed by atoms with Crippen molar-refractivity contribution in [3.8, 4) is 11.4 Å². The highest BCUT2D eigenvalue weighted by molar-refractivity contribution is 5.81. The first-order chi connectivity index (χ1) is 10.7. The van der Waals surface area contributed by atoms with E-state index in [1.165, 1.54) is 0 Å². The number of para-hydroxylation sites is 2.